The Labute approximate surface area is 204 Å². The van der Waals surface area contributed by atoms with Gasteiger partial charge in [-0.05, 0) is 53.5 Å². The van der Waals surface area contributed by atoms with Gasteiger partial charge in [0.1, 0.15) is 18.8 Å². The number of carboxylic acid groups (broad SMARTS) is 1. The van der Waals surface area contributed by atoms with Crippen LogP contribution in [0.3, 0.4) is 0 Å². The average molecular weight is 473 g/mol. The van der Waals surface area contributed by atoms with Gasteiger partial charge in [-0.1, -0.05) is 54.6 Å². The highest BCUT2D eigenvalue weighted by molar-refractivity contribution is 5.81. The summed E-state index contributed by atoms with van der Waals surface area (Å²) in [5, 5.41) is 12.1. The number of pyridine rings is 1. The van der Waals surface area contributed by atoms with E-state index in [1.807, 2.05) is 36.4 Å². The van der Waals surface area contributed by atoms with Gasteiger partial charge in [-0.15, -0.1) is 0 Å². The Bertz CT molecular complexity index is 1160. The number of nitrogens with one attached hydrogen (secondary N) is 1. The molecule has 2 aliphatic carbocycles. The predicted molar refractivity (Wildman–Crippen MR) is 130 cm³/mol. The van der Waals surface area contributed by atoms with Crippen LogP contribution < -0.4 is 10.1 Å². The number of carbonyl (C=O) groups is 2. The molecule has 7 heteroatoms. The summed E-state index contributed by atoms with van der Waals surface area (Å²) in [6.45, 7) is 0.126. The summed E-state index contributed by atoms with van der Waals surface area (Å²) in [6.07, 6.45) is 5.55. The number of carboxylic acids is 1. The Hall–Kier alpha value is -3.87. The van der Waals surface area contributed by atoms with Crippen molar-refractivity contribution in [3.05, 3.63) is 83.6 Å². The molecule has 0 aliphatic heterocycles. The first-order valence-electron chi connectivity index (χ1n) is 12.0. The molecule has 1 aromatic heterocycles. The van der Waals surface area contributed by atoms with Crippen LogP contribution >= 0.6 is 0 Å². The summed E-state index contributed by atoms with van der Waals surface area (Å²) in [5.74, 6) is -0.685. The van der Waals surface area contributed by atoms with Gasteiger partial charge in [0.2, 0.25) is 5.88 Å². The molecular formula is C28H28N2O5. The molecule has 35 heavy (non-hydrogen) atoms. The number of ether oxygens (including phenoxy) is 2. The van der Waals surface area contributed by atoms with E-state index in [-0.39, 0.29) is 25.0 Å². The number of fused-ring (bicyclic) bond motifs is 3. The van der Waals surface area contributed by atoms with Crippen LogP contribution in [-0.4, -0.2) is 40.9 Å². The van der Waals surface area contributed by atoms with Gasteiger partial charge in [-0.2, -0.15) is 0 Å². The van der Waals surface area contributed by atoms with E-state index in [9.17, 15) is 14.7 Å². The highest BCUT2D eigenvalue weighted by Gasteiger charge is 2.30. The third kappa shape index (κ3) is 5.14. The van der Waals surface area contributed by atoms with Gasteiger partial charge in [-0.3, -0.25) is 0 Å². The predicted octanol–water partition coefficient (Wildman–Crippen LogP) is 4.94. The maximum atomic E-state index is 12.5. The Kier molecular flexibility index (Phi) is 6.66. The van der Waals surface area contributed by atoms with Crippen LogP contribution in [0.2, 0.25) is 0 Å². The zero-order chi connectivity index (χ0) is 24.2. The Morgan fingerprint density at radius 3 is 2.23 bits per heavy atom. The van der Waals surface area contributed by atoms with Crippen LogP contribution in [-0.2, 0) is 16.0 Å². The number of aromatic nitrogens is 1. The van der Waals surface area contributed by atoms with Crippen LogP contribution in [0.1, 0.15) is 48.3 Å². The lowest BCUT2D eigenvalue weighted by atomic mass is 9.98. The zero-order valence-electron chi connectivity index (χ0n) is 19.4. The van der Waals surface area contributed by atoms with E-state index < -0.39 is 18.1 Å². The van der Waals surface area contributed by atoms with E-state index in [1.165, 1.54) is 12.8 Å². The molecule has 1 amide bonds. The number of hydrogen-bond donors (Lipinski definition) is 2. The van der Waals surface area contributed by atoms with E-state index in [4.69, 9.17) is 9.47 Å². The minimum atomic E-state index is -1.13. The van der Waals surface area contributed by atoms with Crippen LogP contribution in [0.25, 0.3) is 11.1 Å². The number of amides is 1. The molecule has 180 valence electrons. The van der Waals surface area contributed by atoms with E-state index in [2.05, 4.69) is 22.4 Å². The lowest BCUT2D eigenvalue weighted by Gasteiger charge is -2.18. The van der Waals surface area contributed by atoms with E-state index in [0.717, 1.165) is 35.1 Å². The van der Waals surface area contributed by atoms with Crippen molar-refractivity contribution in [2.24, 2.45) is 0 Å². The van der Waals surface area contributed by atoms with Gasteiger partial charge in [0.15, 0.2) is 0 Å². The van der Waals surface area contributed by atoms with Crippen molar-refractivity contribution in [1.29, 1.82) is 0 Å². The van der Waals surface area contributed by atoms with Crippen molar-refractivity contribution in [2.45, 2.75) is 50.2 Å². The summed E-state index contributed by atoms with van der Waals surface area (Å²) in [4.78, 5) is 28.7. The lowest BCUT2D eigenvalue weighted by molar-refractivity contribution is -0.139. The molecule has 5 rings (SSSR count). The normalized spacial score (nSPS) is 15.8. The molecule has 1 unspecified atom stereocenters. The number of alkyl carbamates (subject to hydrolysis) is 1. The molecule has 2 aliphatic rings. The lowest BCUT2D eigenvalue weighted by Crippen LogP contribution is -2.42. The van der Waals surface area contributed by atoms with Crippen molar-refractivity contribution in [3.63, 3.8) is 0 Å². The maximum absolute atomic E-state index is 12.5. The third-order valence-electron chi connectivity index (χ3n) is 6.76. The van der Waals surface area contributed by atoms with Crippen molar-refractivity contribution in [3.8, 4) is 17.0 Å². The second-order valence-electron chi connectivity index (χ2n) is 9.09. The van der Waals surface area contributed by atoms with E-state index in [0.29, 0.717) is 11.4 Å². The van der Waals surface area contributed by atoms with Crippen LogP contribution in [0.15, 0.2) is 66.9 Å². The standard InChI is InChI=1S/C28H28N2O5/c31-27(32)25(15-18-13-14-26(29-16-18)35-19-7-1-2-8-19)30-28(33)34-17-24-22-11-5-3-9-20(22)21-10-4-6-12-23(21)24/h3-6,9-14,16,19,24-25H,1-2,7-8,15,17H2,(H,30,33)(H,31,32). The minimum Gasteiger partial charge on any atom is -0.480 e. The molecule has 1 saturated carbocycles. The average Bonchev–Trinajstić information content (AvgIpc) is 3.49. The van der Waals surface area contributed by atoms with Gasteiger partial charge in [0, 0.05) is 24.6 Å². The number of carbonyl (C=O) groups excluding carboxylic acids is 1. The van der Waals surface area contributed by atoms with Gasteiger partial charge >= 0.3 is 12.1 Å². The van der Waals surface area contributed by atoms with E-state index in [1.54, 1.807) is 18.3 Å². The van der Waals surface area contributed by atoms with Gasteiger partial charge in [0.05, 0.1) is 0 Å². The number of hydrogen-bond acceptors (Lipinski definition) is 5. The van der Waals surface area contributed by atoms with E-state index >= 15 is 0 Å². The fourth-order valence-electron chi connectivity index (χ4n) is 5.00. The molecule has 1 fully saturated rings. The SMILES string of the molecule is O=C(NC(Cc1ccc(OC2CCCC2)nc1)C(=O)O)OCC1c2ccccc2-c2ccccc21. The summed E-state index contributed by atoms with van der Waals surface area (Å²) in [7, 11) is 0. The highest BCUT2D eigenvalue weighted by atomic mass is 16.5. The summed E-state index contributed by atoms with van der Waals surface area (Å²) in [6, 6.07) is 18.5. The minimum absolute atomic E-state index is 0.0898. The van der Waals surface area contributed by atoms with Crippen molar-refractivity contribution in [2.75, 3.05) is 6.61 Å². The van der Waals surface area contributed by atoms with Crippen LogP contribution in [0.5, 0.6) is 5.88 Å². The molecule has 1 heterocycles. The second-order valence-corrected chi connectivity index (χ2v) is 9.09. The molecule has 2 aromatic carbocycles. The van der Waals surface area contributed by atoms with Crippen LogP contribution in [0.4, 0.5) is 4.79 Å². The quantitative estimate of drug-likeness (QED) is 0.482. The number of aliphatic carboxylic acids is 1. The molecule has 1 atom stereocenters. The topological polar surface area (TPSA) is 97.8 Å². The Morgan fingerprint density at radius 1 is 0.971 bits per heavy atom. The number of benzene rings is 2. The Morgan fingerprint density at radius 2 is 1.63 bits per heavy atom. The molecule has 0 saturated heterocycles. The smallest absolute Gasteiger partial charge is 0.407 e. The molecule has 0 radical (unpaired) electrons. The van der Waals surface area contributed by atoms with Gasteiger partial charge in [-0.25, -0.2) is 14.6 Å². The van der Waals surface area contributed by atoms with Crippen molar-refractivity contribution in [1.82, 2.24) is 10.3 Å². The molecule has 7 nitrogen and oxygen atoms in total. The molecule has 2 N–H and O–H groups in total. The first-order chi connectivity index (χ1) is 17.1. The summed E-state index contributed by atoms with van der Waals surface area (Å²) in [5.41, 5.74) is 5.15. The summed E-state index contributed by atoms with van der Waals surface area (Å²) >= 11 is 0. The Balaban J connectivity index is 1.19. The zero-order valence-corrected chi connectivity index (χ0v) is 19.4. The third-order valence-corrected chi connectivity index (χ3v) is 6.76. The fourth-order valence-corrected chi connectivity index (χ4v) is 5.00. The highest BCUT2D eigenvalue weighted by Crippen LogP contribution is 2.44. The van der Waals surface area contributed by atoms with Gasteiger partial charge < -0.3 is 19.9 Å². The maximum Gasteiger partial charge on any atom is 0.407 e. The van der Waals surface area contributed by atoms with Crippen LogP contribution in [0, 0.1) is 0 Å². The molecule has 3 aromatic rings. The second kappa shape index (κ2) is 10.2. The first kappa shape index (κ1) is 22.9. The molecular weight excluding hydrogens is 444 g/mol. The van der Waals surface area contributed by atoms with Crippen molar-refractivity contribution < 1.29 is 24.2 Å². The molecule has 0 bridgehead atoms. The largest absolute Gasteiger partial charge is 0.480 e. The molecule has 0 spiro atoms. The summed E-state index contributed by atoms with van der Waals surface area (Å²) < 4.78 is 11.4. The van der Waals surface area contributed by atoms with Crippen molar-refractivity contribution >= 4 is 12.1 Å². The monoisotopic (exact) mass is 472 g/mol. The number of nitrogens with zero attached hydrogens (tertiary/aromatic N) is 1. The van der Waals surface area contributed by atoms with Gasteiger partial charge in [0.25, 0.3) is 0 Å². The fraction of sp³-hybridized carbons (Fsp3) is 0.321. The first-order valence-corrected chi connectivity index (χ1v) is 12.0. The number of rotatable bonds is 8.